The van der Waals surface area contributed by atoms with E-state index in [1.807, 2.05) is 37.5 Å². The van der Waals surface area contributed by atoms with Gasteiger partial charge in [-0.3, -0.25) is 4.68 Å². The van der Waals surface area contributed by atoms with Crippen LogP contribution in [0.15, 0.2) is 41.2 Å². The molecule has 0 aliphatic heterocycles. The molecule has 2 N–H and O–H groups in total. The molecule has 0 aliphatic rings. The van der Waals surface area contributed by atoms with Gasteiger partial charge in [-0.15, -0.1) is 0 Å². The Bertz CT molecular complexity index is 716. The molecule has 6 nitrogen and oxygen atoms in total. The van der Waals surface area contributed by atoms with Crippen molar-refractivity contribution in [3.63, 3.8) is 0 Å². The van der Waals surface area contributed by atoms with Gasteiger partial charge in [-0.2, -0.15) is 10.1 Å². The average molecular weight is 269 g/mol. The molecule has 2 heterocycles. The van der Waals surface area contributed by atoms with Crippen molar-refractivity contribution >= 4 is 5.69 Å². The summed E-state index contributed by atoms with van der Waals surface area (Å²) in [5, 5.41) is 8.05. The highest BCUT2D eigenvalue weighted by Gasteiger charge is 2.10. The van der Waals surface area contributed by atoms with Crippen LogP contribution >= 0.6 is 0 Å². The first kappa shape index (κ1) is 12.4. The molecule has 0 bridgehead atoms. The van der Waals surface area contributed by atoms with Crippen molar-refractivity contribution in [1.29, 1.82) is 0 Å². The van der Waals surface area contributed by atoms with Gasteiger partial charge in [0.1, 0.15) is 0 Å². The van der Waals surface area contributed by atoms with Crippen LogP contribution in [0.1, 0.15) is 11.5 Å². The third-order valence-corrected chi connectivity index (χ3v) is 3.09. The third-order valence-electron chi connectivity index (χ3n) is 3.09. The lowest BCUT2D eigenvalue weighted by atomic mass is 10.1. The molecule has 0 radical (unpaired) electrons. The normalized spacial score (nSPS) is 10.8. The minimum atomic E-state index is 0.564. The summed E-state index contributed by atoms with van der Waals surface area (Å²) < 4.78 is 6.96. The second kappa shape index (κ2) is 5.16. The number of para-hydroxylation sites is 1. The van der Waals surface area contributed by atoms with Crippen molar-refractivity contribution in [2.45, 2.75) is 12.8 Å². The highest BCUT2D eigenvalue weighted by Crippen LogP contribution is 2.17. The molecule has 0 unspecified atom stereocenters. The molecule has 0 fully saturated rings. The van der Waals surface area contributed by atoms with Crippen LogP contribution < -0.4 is 5.73 Å². The number of nitrogens with zero attached hydrogens (tertiary/aromatic N) is 4. The van der Waals surface area contributed by atoms with Crippen LogP contribution in [0.5, 0.6) is 0 Å². The van der Waals surface area contributed by atoms with E-state index in [2.05, 4.69) is 15.2 Å². The van der Waals surface area contributed by atoms with E-state index in [0.29, 0.717) is 18.1 Å². The van der Waals surface area contributed by atoms with E-state index in [-0.39, 0.29) is 0 Å². The summed E-state index contributed by atoms with van der Waals surface area (Å²) in [5.74, 6) is 1.17. The minimum Gasteiger partial charge on any atom is -0.399 e. The second-order valence-corrected chi connectivity index (χ2v) is 4.61. The van der Waals surface area contributed by atoms with E-state index in [0.717, 1.165) is 23.2 Å². The summed E-state index contributed by atoms with van der Waals surface area (Å²) >= 11 is 0. The summed E-state index contributed by atoms with van der Waals surface area (Å²) in [6.07, 6.45) is 5.01. The number of nitrogens with two attached hydrogens (primary N) is 1. The predicted molar refractivity (Wildman–Crippen MR) is 74.8 cm³/mol. The number of nitrogen functional groups attached to an aromatic ring is 1. The topological polar surface area (TPSA) is 82.8 Å². The number of hydrogen-bond donors (Lipinski definition) is 1. The van der Waals surface area contributed by atoms with Crippen molar-refractivity contribution in [2.24, 2.45) is 7.05 Å². The SMILES string of the molecule is Cn1cc(-c2noc(CCc3ccccc3N)n2)cn1. The van der Waals surface area contributed by atoms with E-state index < -0.39 is 0 Å². The Morgan fingerprint density at radius 3 is 2.85 bits per heavy atom. The monoisotopic (exact) mass is 269 g/mol. The lowest BCUT2D eigenvalue weighted by Gasteiger charge is -2.02. The molecular weight excluding hydrogens is 254 g/mol. The molecule has 2 aromatic heterocycles. The van der Waals surface area contributed by atoms with Crippen molar-refractivity contribution in [2.75, 3.05) is 5.73 Å². The van der Waals surface area contributed by atoms with E-state index in [4.69, 9.17) is 10.3 Å². The summed E-state index contributed by atoms with van der Waals surface area (Å²) in [6, 6.07) is 7.80. The smallest absolute Gasteiger partial charge is 0.227 e. The number of rotatable bonds is 4. The summed E-state index contributed by atoms with van der Waals surface area (Å²) in [7, 11) is 1.85. The molecule has 1 aromatic carbocycles. The molecule has 102 valence electrons. The number of hydrogen-bond acceptors (Lipinski definition) is 5. The molecule has 0 saturated carbocycles. The standard InChI is InChI=1S/C14H15N5O/c1-19-9-11(8-16-19)14-17-13(20-18-14)7-6-10-4-2-3-5-12(10)15/h2-5,8-9H,6-7,15H2,1H3. The molecule has 6 heteroatoms. The Balaban J connectivity index is 1.70. The van der Waals surface area contributed by atoms with E-state index in [9.17, 15) is 0 Å². The van der Waals surface area contributed by atoms with Gasteiger partial charge in [-0.1, -0.05) is 23.4 Å². The van der Waals surface area contributed by atoms with Gasteiger partial charge < -0.3 is 10.3 Å². The fourth-order valence-electron chi connectivity index (χ4n) is 2.01. The number of anilines is 1. The van der Waals surface area contributed by atoms with Gasteiger partial charge in [0.05, 0.1) is 11.8 Å². The molecular formula is C14H15N5O. The predicted octanol–water partition coefficient (Wildman–Crippen LogP) is 1.84. The third kappa shape index (κ3) is 2.54. The lowest BCUT2D eigenvalue weighted by Crippen LogP contribution is -1.97. The van der Waals surface area contributed by atoms with Crippen LogP contribution in [0.2, 0.25) is 0 Å². The first-order chi connectivity index (χ1) is 9.72. The average Bonchev–Trinajstić information content (AvgIpc) is 3.06. The zero-order valence-electron chi connectivity index (χ0n) is 11.2. The lowest BCUT2D eigenvalue weighted by molar-refractivity contribution is 0.379. The first-order valence-corrected chi connectivity index (χ1v) is 6.37. The van der Waals surface area contributed by atoms with Gasteiger partial charge >= 0.3 is 0 Å². The molecule has 3 rings (SSSR count). The summed E-state index contributed by atoms with van der Waals surface area (Å²) in [4.78, 5) is 4.37. The van der Waals surface area contributed by atoms with Crippen molar-refractivity contribution in [3.05, 3.63) is 48.1 Å². The maximum Gasteiger partial charge on any atom is 0.227 e. The van der Waals surface area contributed by atoms with Crippen LogP contribution in [0.25, 0.3) is 11.4 Å². The minimum absolute atomic E-state index is 0.564. The Kier molecular flexibility index (Phi) is 3.20. The summed E-state index contributed by atoms with van der Waals surface area (Å²) in [6.45, 7) is 0. The van der Waals surface area contributed by atoms with Gasteiger partial charge in [-0.25, -0.2) is 0 Å². The van der Waals surface area contributed by atoms with Crippen LogP contribution in [0.3, 0.4) is 0 Å². The van der Waals surface area contributed by atoms with Crippen LogP contribution in [-0.2, 0) is 19.9 Å². The Morgan fingerprint density at radius 1 is 1.25 bits per heavy atom. The molecule has 20 heavy (non-hydrogen) atoms. The molecule has 3 aromatic rings. The molecule has 0 atom stereocenters. The highest BCUT2D eigenvalue weighted by molar-refractivity contribution is 5.51. The molecule has 0 spiro atoms. The molecule has 0 aliphatic carbocycles. The van der Waals surface area contributed by atoms with Crippen molar-refractivity contribution in [3.8, 4) is 11.4 Å². The fourth-order valence-corrected chi connectivity index (χ4v) is 2.01. The zero-order chi connectivity index (χ0) is 13.9. The number of benzene rings is 1. The van der Waals surface area contributed by atoms with Gasteiger partial charge in [0.15, 0.2) is 0 Å². The zero-order valence-corrected chi connectivity index (χ0v) is 11.2. The highest BCUT2D eigenvalue weighted by atomic mass is 16.5. The van der Waals surface area contributed by atoms with Crippen LogP contribution in [0, 0.1) is 0 Å². The Labute approximate surface area is 116 Å². The van der Waals surface area contributed by atoms with Gasteiger partial charge in [-0.05, 0) is 18.1 Å². The van der Waals surface area contributed by atoms with E-state index in [1.54, 1.807) is 10.9 Å². The number of aromatic nitrogens is 4. The van der Waals surface area contributed by atoms with Crippen LogP contribution in [0.4, 0.5) is 5.69 Å². The maximum absolute atomic E-state index is 5.91. The van der Waals surface area contributed by atoms with Crippen LogP contribution in [-0.4, -0.2) is 19.9 Å². The molecule has 0 amide bonds. The Morgan fingerprint density at radius 2 is 2.10 bits per heavy atom. The summed E-state index contributed by atoms with van der Waals surface area (Å²) in [5.41, 5.74) is 8.64. The van der Waals surface area contributed by atoms with Gasteiger partial charge in [0.25, 0.3) is 0 Å². The maximum atomic E-state index is 5.91. The Hall–Kier alpha value is -2.63. The van der Waals surface area contributed by atoms with E-state index >= 15 is 0 Å². The molecule has 0 saturated heterocycles. The van der Waals surface area contributed by atoms with Crippen molar-refractivity contribution in [1.82, 2.24) is 19.9 Å². The first-order valence-electron chi connectivity index (χ1n) is 6.37. The quantitative estimate of drug-likeness (QED) is 0.731. The van der Waals surface area contributed by atoms with Gasteiger partial charge in [0.2, 0.25) is 11.7 Å². The van der Waals surface area contributed by atoms with Crippen molar-refractivity contribution < 1.29 is 4.52 Å². The fraction of sp³-hybridized carbons (Fsp3) is 0.214. The second-order valence-electron chi connectivity index (χ2n) is 4.61. The largest absolute Gasteiger partial charge is 0.399 e. The number of aryl methyl sites for hydroxylation is 3. The van der Waals surface area contributed by atoms with E-state index in [1.165, 1.54) is 0 Å². The van der Waals surface area contributed by atoms with Gasteiger partial charge in [0, 0.05) is 25.4 Å².